The van der Waals surface area contributed by atoms with E-state index in [4.69, 9.17) is 10.5 Å². The highest BCUT2D eigenvalue weighted by molar-refractivity contribution is 9.10. The van der Waals surface area contributed by atoms with E-state index in [1.807, 2.05) is 6.92 Å². The van der Waals surface area contributed by atoms with Gasteiger partial charge in [0.25, 0.3) is 0 Å². The van der Waals surface area contributed by atoms with Crippen molar-refractivity contribution in [1.29, 1.82) is 0 Å². The third-order valence-electron chi connectivity index (χ3n) is 2.69. The van der Waals surface area contributed by atoms with Crippen LogP contribution < -0.4 is 5.73 Å². The first kappa shape index (κ1) is 13.6. The molecule has 0 saturated heterocycles. The van der Waals surface area contributed by atoms with Crippen LogP contribution in [0.15, 0.2) is 22.7 Å². The molecule has 1 atom stereocenters. The lowest BCUT2D eigenvalue weighted by Crippen LogP contribution is -2.46. The molecule has 0 bridgehead atoms. The van der Waals surface area contributed by atoms with Gasteiger partial charge in [-0.05, 0) is 36.6 Å². The second-order valence-corrected chi connectivity index (χ2v) is 4.98. The maximum absolute atomic E-state index is 13.6. The number of hydrogen-bond donors (Lipinski definition) is 1. The first-order valence-electron chi connectivity index (χ1n) is 5.22. The Balaban J connectivity index is 2.89. The molecule has 0 heterocycles. The highest BCUT2D eigenvalue weighted by atomic mass is 79.9. The molecule has 0 aromatic heterocycles. The summed E-state index contributed by atoms with van der Waals surface area (Å²) in [5.41, 5.74) is 6.27. The van der Waals surface area contributed by atoms with Crippen LogP contribution in [0.25, 0.3) is 0 Å². The molecule has 0 saturated carbocycles. The van der Waals surface area contributed by atoms with Gasteiger partial charge < -0.3 is 10.5 Å². The van der Waals surface area contributed by atoms with E-state index in [-0.39, 0.29) is 5.82 Å². The molecular weight excluding hydrogens is 273 g/mol. The molecule has 1 rings (SSSR count). The van der Waals surface area contributed by atoms with Crippen molar-refractivity contribution in [3.8, 4) is 0 Å². The molecule has 1 aromatic carbocycles. The first-order chi connectivity index (χ1) is 7.50. The smallest absolute Gasteiger partial charge is 0.126 e. The zero-order chi connectivity index (χ0) is 12.2. The van der Waals surface area contributed by atoms with Crippen LogP contribution in [-0.2, 0) is 11.2 Å². The number of nitrogens with two attached hydrogens (primary N) is 1. The summed E-state index contributed by atoms with van der Waals surface area (Å²) in [5.74, 6) is -0.220. The summed E-state index contributed by atoms with van der Waals surface area (Å²) in [6.45, 7) is 2.41. The molecule has 0 radical (unpaired) electrons. The van der Waals surface area contributed by atoms with Crippen molar-refractivity contribution in [2.45, 2.75) is 25.3 Å². The molecule has 0 aliphatic carbocycles. The Kier molecular flexibility index (Phi) is 4.89. The molecule has 4 heteroatoms. The molecule has 2 N–H and O–H groups in total. The first-order valence-corrected chi connectivity index (χ1v) is 6.02. The predicted molar refractivity (Wildman–Crippen MR) is 66.9 cm³/mol. The zero-order valence-electron chi connectivity index (χ0n) is 9.59. The molecule has 90 valence electrons. The van der Waals surface area contributed by atoms with Crippen LogP contribution in [-0.4, -0.2) is 19.3 Å². The van der Waals surface area contributed by atoms with Crippen LogP contribution >= 0.6 is 15.9 Å². The Hall–Kier alpha value is -0.450. The van der Waals surface area contributed by atoms with Crippen molar-refractivity contribution in [3.63, 3.8) is 0 Å². The number of rotatable bonds is 5. The summed E-state index contributed by atoms with van der Waals surface area (Å²) in [6.07, 6.45) is 1.22. The predicted octanol–water partition coefficient (Wildman–Crippen LogP) is 2.88. The number of hydrogen-bond acceptors (Lipinski definition) is 2. The SMILES string of the molecule is CCC(N)(COC)Cc1cc(Br)ccc1F. The summed E-state index contributed by atoms with van der Waals surface area (Å²) in [5, 5.41) is 0. The third-order valence-corrected chi connectivity index (χ3v) is 3.18. The van der Waals surface area contributed by atoms with Gasteiger partial charge >= 0.3 is 0 Å². The molecular formula is C12H17BrFNO. The monoisotopic (exact) mass is 289 g/mol. The van der Waals surface area contributed by atoms with Crippen LogP contribution in [0, 0.1) is 5.82 Å². The van der Waals surface area contributed by atoms with Gasteiger partial charge in [0.05, 0.1) is 6.61 Å². The van der Waals surface area contributed by atoms with Gasteiger partial charge in [0, 0.05) is 17.1 Å². The van der Waals surface area contributed by atoms with Gasteiger partial charge in [-0.2, -0.15) is 0 Å². The number of benzene rings is 1. The van der Waals surface area contributed by atoms with Crippen LogP contribution in [0.1, 0.15) is 18.9 Å². The standard InChI is InChI=1S/C12H17BrFNO/c1-3-12(15,8-16-2)7-9-6-10(13)4-5-11(9)14/h4-6H,3,7-8,15H2,1-2H3. The van der Waals surface area contributed by atoms with E-state index in [9.17, 15) is 4.39 Å². The fourth-order valence-electron chi connectivity index (χ4n) is 1.62. The Morgan fingerprint density at radius 2 is 2.19 bits per heavy atom. The fraction of sp³-hybridized carbons (Fsp3) is 0.500. The number of halogens is 2. The second kappa shape index (κ2) is 5.75. The fourth-order valence-corrected chi connectivity index (χ4v) is 2.03. The van der Waals surface area contributed by atoms with Gasteiger partial charge in [-0.3, -0.25) is 0 Å². The van der Waals surface area contributed by atoms with Gasteiger partial charge in [0.15, 0.2) is 0 Å². The highest BCUT2D eigenvalue weighted by Gasteiger charge is 2.24. The lowest BCUT2D eigenvalue weighted by Gasteiger charge is -2.27. The van der Waals surface area contributed by atoms with E-state index in [1.54, 1.807) is 19.2 Å². The maximum atomic E-state index is 13.6. The van der Waals surface area contributed by atoms with E-state index in [2.05, 4.69) is 15.9 Å². The van der Waals surface area contributed by atoms with Crippen LogP contribution in [0.4, 0.5) is 4.39 Å². The molecule has 1 unspecified atom stereocenters. The summed E-state index contributed by atoms with van der Waals surface area (Å²) in [4.78, 5) is 0. The summed E-state index contributed by atoms with van der Waals surface area (Å²) < 4.78 is 19.5. The molecule has 0 fully saturated rings. The van der Waals surface area contributed by atoms with Crippen molar-refractivity contribution in [2.24, 2.45) is 5.73 Å². The van der Waals surface area contributed by atoms with Crippen molar-refractivity contribution in [2.75, 3.05) is 13.7 Å². The summed E-state index contributed by atoms with van der Waals surface area (Å²) in [6, 6.07) is 4.89. The van der Waals surface area contributed by atoms with Crippen LogP contribution in [0.5, 0.6) is 0 Å². The van der Waals surface area contributed by atoms with Gasteiger partial charge in [0.2, 0.25) is 0 Å². The lowest BCUT2D eigenvalue weighted by atomic mass is 9.90. The van der Waals surface area contributed by atoms with Crippen molar-refractivity contribution in [1.82, 2.24) is 0 Å². The molecule has 16 heavy (non-hydrogen) atoms. The summed E-state index contributed by atoms with van der Waals surface area (Å²) in [7, 11) is 1.61. The van der Waals surface area contributed by atoms with Gasteiger partial charge in [-0.1, -0.05) is 22.9 Å². The van der Waals surface area contributed by atoms with Crippen LogP contribution in [0.3, 0.4) is 0 Å². The second-order valence-electron chi connectivity index (χ2n) is 4.06. The quantitative estimate of drug-likeness (QED) is 0.905. The topological polar surface area (TPSA) is 35.2 Å². The van der Waals surface area contributed by atoms with Gasteiger partial charge in [0.1, 0.15) is 5.82 Å². The van der Waals surface area contributed by atoms with E-state index in [0.717, 1.165) is 10.9 Å². The highest BCUT2D eigenvalue weighted by Crippen LogP contribution is 2.21. The normalized spacial score (nSPS) is 14.8. The van der Waals surface area contributed by atoms with E-state index < -0.39 is 5.54 Å². The number of methoxy groups -OCH3 is 1. The molecule has 0 aliphatic rings. The Morgan fingerprint density at radius 3 is 2.75 bits per heavy atom. The maximum Gasteiger partial charge on any atom is 0.126 e. The minimum absolute atomic E-state index is 0.220. The minimum atomic E-state index is -0.504. The number of ether oxygens (including phenoxy) is 1. The largest absolute Gasteiger partial charge is 0.383 e. The minimum Gasteiger partial charge on any atom is -0.383 e. The van der Waals surface area contributed by atoms with E-state index in [1.165, 1.54) is 6.07 Å². The molecule has 0 aliphatic heterocycles. The van der Waals surface area contributed by atoms with Gasteiger partial charge in [-0.15, -0.1) is 0 Å². The van der Waals surface area contributed by atoms with Gasteiger partial charge in [-0.25, -0.2) is 4.39 Å². The third kappa shape index (κ3) is 3.54. The summed E-state index contributed by atoms with van der Waals surface area (Å²) >= 11 is 3.33. The van der Waals surface area contributed by atoms with Crippen molar-refractivity contribution in [3.05, 3.63) is 34.1 Å². The Labute approximate surface area is 104 Å². The van der Waals surface area contributed by atoms with E-state index in [0.29, 0.717) is 18.6 Å². The molecule has 0 amide bonds. The Morgan fingerprint density at radius 1 is 1.50 bits per heavy atom. The van der Waals surface area contributed by atoms with E-state index >= 15 is 0 Å². The molecule has 2 nitrogen and oxygen atoms in total. The van der Waals surface area contributed by atoms with Crippen LogP contribution in [0.2, 0.25) is 0 Å². The lowest BCUT2D eigenvalue weighted by molar-refractivity contribution is 0.129. The zero-order valence-corrected chi connectivity index (χ0v) is 11.2. The van der Waals surface area contributed by atoms with Crippen molar-refractivity contribution >= 4 is 15.9 Å². The van der Waals surface area contributed by atoms with Crippen molar-refractivity contribution < 1.29 is 9.13 Å². The average Bonchev–Trinajstić information content (AvgIpc) is 2.24. The molecule has 1 aromatic rings. The average molecular weight is 290 g/mol. The Bertz CT molecular complexity index is 359. The molecule has 0 spiro atoms.